The summed E-state index contributed by atoms with van der Waals surface area (Å²) in [7, 11) is 0. The molecule has 0 radical (unpaired) electrons. The Balaban J connectivity index is 1.11. The van der Waals surface area contributed by atoms with Crippen LogP contribution in [0, 0.1) is 0 Å². The highest BCUT2D eigenvalue weighted by molar-refractivity contribution is 7.26. The third-order valence-corrected chi connectivity index (χ3v) is 10.3. The highest BCUT2D eigenvalue weighted by Gasteiger charge is 2.18. The third kappa shape index (κ3) is 4.85. The van der Waals surface area contributed by atoms with E-state index in [2.05, 4.69) is 103 Å². The van der Waals surface area contributed by atoms with Gasteiger partial charge in [0.25, 0.3) is 0 Å². The van der Waals surface area contributed by atoms with Crippen molar-refractivity contribution >= 4 is 53.6 Å². The molecule has 0 fully saturated rings. The van der Waals surface area contributed by atoms with Crippen molar-refractivity contribution in [1.29, 1.82) is 0 Å². The molecule has 4 heterocycles. The van der Waals surface area contributed by atoms with Crippen molar-refractivity contribution in [1.82, 2.24) is 19.9 Å². The molecule has 0 bridgehead atoms. The van der Waals surface area contributed by atoms with Crippen LogP contribution in [-0.2, 0) is 0 Å². The number of hydrogen-bond acceptors (Lipinski definition) is 6. The van der Waals surface area contributed by atoms with Gasteiger partial charge >= 0.3 is 0 Å². The fraction of sp³-hybridized carbons (Fsp3) is 0. The molecule has 6 aromatic carbocycles. The van der Waals surface area contributed by atoms with E-state index in [9.17, 15) is 0 Å². The molecule has 0 N–H and O–H groups in total. The predicted octanol–water partition coefficient (Wildman–Crippen LogP) is 11.9. The molecular weight excluding hydrogens is 633 g/mol. The van der Waals surface area contributed by atoms with Gasteiger partial charge in [0, 0.05) is 48.7 Å². The van der Waals surface area contributed by atoms with E-state index < -0.39 is 0 Å². The van der Waals surface area contributed by atoms with Crippen molar-refractivity contribution in [2.75, 3.05) is 0 Å². The van der Waals surface area contributed by atoms with Crippen LogP contribution in [0.25, 0.3) is 98.8 Å². The molecule has 50 heavy (non-hydrogen) atoms. The number of aromatic nitrogens is 4. The van der Waals surface area contributed by atoms with Gasteiger partial charge < -0.3 is 4.42 Å². The summed E-state index contributed by atoms with van der Waals surface area (Å²) in [5.74, 6) is 1.33. The number of hydrogen-bond donors (Lipinski definition) is 0. The van der Waals surface area contributed by atoms with E-state index >= 15 is 0 Å². The zero-order valence-corrected chi connectivity index (χ0v) is 27.4. The molecular formula is C44H26N4OS. The predicted molar refractivity (Wildman–Crippen MR) is 205 cm³/mol. The maximum atomic E-state index is 6.45. The summed E-state index contributed by atoms with van der Waals surface area (Å²) in [5.41, 5.74) is 10.2. The fourth-order valence-corrected chi connectivity index (χ4v) is 7.81. The lowest BCUT2D eigenvalue weighted by Crippen LogP contribution is -1.95. The number of fused-ring (bicyclic) bond motifs is 6. The van der Waals surface area contributed by atoms with Crippen LogP contribution < -0.4 is 0 Å². The molecule has 10 rings (SSSR count). The van der Waals surface area contributed by atoms with Crippen LogP contribution in [0.1, 0.15) is 0 Å². The van der Waals surface area contributed by atoms with E-state index in [1.165, 1.54) is 4.70 Å². The number of rotatable bonds is 5. The smallest absolute Gasteiger partial charge is 0.160 e. The lowest BCUT2D eigenvalue weighted by Gasteiger charge is -2.09. The molecule has 10 aromatic rings. The van der Waals surface area contributed by atoms with Gasteiger partial charge in [0.05, 0.1) is 27.3 Å². The van der Waals surface area contributed by atoms with Crippen LogP contribution >= 0.6 is 11.3 Å². The van der Waals surface area contributed by atoms with E-state index in [4.69, 9.17) is 24.4 Å². The first-order valence-electron chi connectivity index (χ1n) is 16.5. The number of thiophene rings is 1. The van der Waals surface area contributed by atoms with Crippen LogP contribution in [0.15, 0.2) is 162 Å². The Morgan fingerprint density at radius 1 is 0.400 bits per heavy atom. The number of benzene rings is 6. The van der Waals surface area contributed by atoms with Crippen LogP contribution in [-0.4, -0.2) is 19.9 Å². The van der Waals surface area contributed by atoms with E-state index in [0.717, 1.165) is 82.4 Å². The largest absolute Gasteiger partial charge is 0.456 e. The maximum Gasteiger partial charge on any atom is 0.160 e. The Hall–Kier alpha value is -6.50. The minimum Gasteiger partial charge on any atom is -0.456 e. The Kier molecular flexibility index (Phi) is 6.60. The van der Waals surface area contributed by atoms with Gasteiger partial charge in [-0.2, -0.15) is 0 Å². The fourth-order valence-electron chi connectivity index (χ4n) is 6.66. The summed E-state index contributed by atoms with van der Waals surface area (Å²) in [5, 5.41) is 3.15. The van der Waals surface area contributed by atoms with Gasteiger partial charge in [0.2, 0.25) is 0 Å². The molecule has 0 amide bonds. The first-order valence-corrected chi connectivity index (χ1v) is 17.3. The van der Waals surface area contributed by atoms with Crippen LogP contribution in [0.5, 0.6) is 0 Å². The van der Waals surface area contributed by atoms with Crippen molar-refractivity contribution in [3.05, 3.63) is 158 Å². The Labute approximate surface area is 291 Å². The molecule has 4 aromatic heterocycles. The van der Waals surface area contributed by atoms with Gasteiger partial charge in [-0.3, -0.25) is 0 Å². The molecule has 0 unspecified atom stereocenters. The second kappa shape index (κ2) is 11.6. The average Bonchev–Trinajstić information content (AvgIpc) is 3.76. The maximum absolute atomic E-state index is 6.45. The molecule has 5 nitrogen and oxygen atoms in total. The van der Waals surface area contributed by atoms with Crippen molar-refractivity contribution in [3.63, 3.8) is 0 Å². The second-order valence-corrected chi connectivity index (χ2v) is 13.3. The molecule has 0 aliphatic carbocycles. The van der Waals surface area contributed by atoms with E-state index in [-0.39, 0.29) is 0 Å². The summed E-state index contributed by atoms with van der Waals surface area (Å²) in [6, 6.07) is 53.8. The summed E-state index contributed by atoms with van der Waals surface area (Å²) in [4.78, 5) is 20.4. The van der Waals surface area contributed by atoms with Gasteiger partial charge in [0.15, 0.2) is 11.6 Å². The minimum atomic E-state index is 0.663. The lowest BCUT2D eigenvalue weighted by molar-refractivity contribution is 0.669. The van der Waals surface area contributed by atoms with Gasteiger partial charge in [-0.1, -0.05) is 115 Å². The molecule has 234 valence electrons. The Morgan fingerprint density at radius 2 is 1.00 bits per heavy atom. The van der Waals surface area contributed by atoms with Gasteiger partial charge in [0.1, 0.15) is 11.2 Å². The van der Waals surface area contributed by atoms with Crippen molar-refractivity contribution < 1.29 is 4.42 Å². The molecule has 6 heteroatoms. The second-order valence-electron chi connectivity index (χ2n) is 12.3. The van der Waals surface area contributed by atoms with Crippen molar-refractivity contribution in [2.45, 2.75) is 0 Å². The van der Waals surface area contributed by atoms with E-state index in [0.29, 0.717) is 11.6 Å². The summed E-state index contributed by atoms with van der Waals surface area (Å²) >= 11 is 1.74. The highest BCUT2D eigenvalue weighted by Crippen LogP contribution is 2.40. The zero-order valence-electron chi connectivity index (χ0n) is 26.6. The van der Waals surface area contributed by atoms with E-state index in [1.54, 1.807) is 11.3 Å². The zero-order chi connectivity index (χ0) is 33.0. The normalized spacial score (nSPS) is 11.6. The topological polar surface area (TPSA) is 64.7 Å². The SMILES string of the molecule is c1ccc(-c2cc(-c3ccccc3)nc(-c3ccc4oc5cc(-c6nc(-c7ccccc7)c7sc8ccccc8c7n6)ccc5c4c3)n2)cc1. The number of furan rings is 1. The van der Waals surface area contributed by atoms with Crippen LogP contribution in [0.2, 0.25) is 0 Å². The first-order chi connectivity index (χ1) is 24.7. The van der Waals surface area contributed by atoms with Gasteiger partial charge in [-0.25, -0.2) is 19.9 Å². The standard InChI is InChI=1S/C44H26N4OS/c1-4-12-27(13-5-1)35-26-36(28-14-6-2-7-15-28)46-43(45-35)30-21-23-37-34(24-30)32-22-20-31(25-38(32)49-37)44-47-40(29-16-8-3-9-17-29)42-41(48-44)33-18-10-11-19-39(33)50-42/h1-26H. The summed E-state index contributed by atoms with van der Waals surface area (Å²) in [6.07, 6.45) is 0. The van der Waals surface area contributed by atoms with Gasteiger partial charge in [-0.15, -0.1) is 11.3 Å². The molecule has 0 saturated carbocycles. The highest BCUT2D eigenvalue weighted by atomic mass is 32.1. The Bertz CT molecular complexity index is 2810. The van der Waals surface area contributed by atoms with E-state index in [1.807, 2.05) is 54.6 Å². The Morgan fingerprint density at radius 3 is 1.72 bits per heavy atom. The van der Waals surface area contributed by atoms with Crippen molar-refractivity contribution in [3.8, 4) is 56.5 Å². The van der Waals surface area contributed by atoms with Crippen LogP contribution in [0.3, 0.4) is 0 Å². The third-order valence-electron chi connectivity index (χ3n) is 9.12. The quantitative estimate of drug-likeness (QED) is 0.184. The molecule has 0 saturated heterocycles. The molecule has 0 atom stereocenters. The van der Waals surface area contributed by atoms with Crippen molar-refractivity contribution in [2.24, 2.45) is 0 Å². The summed E-state index contributed by atoms with van der Waals surface area (Å²) < 4.78 is 8.74. The average molecular weight is 659 g/mol. The molecule has 0 aliphatic rings. The monoisotopic (exact) mass is 658 g/mol. The van der Waals surface area contributed by atoms with Crippen LogP contribution in [0.4, 0.5) is 0 Å². The lowest BCUT2D eigenvalue weighted by atomic mass is 10.0. The van der Waals surface area contributed by atoms with Gasteiger partial charge in [-0.05, 0) is 42.5 Å². The summed E-state index contributed by atoms with van der Waals surface area (Å²) in [6.45, 7) is 0. The molecule has 0 aliphatic heterocycles. The molecule has 0 spiro atoms. The minimum absolute atomic E-state index is 0.663. The number of nitrogens with zero attached hydrogens (tertiary/aromatic N) is 4. The first kappa shape index (κ1) is 28.5.